The van der Waals surface area contributed by atoms with Crippen LogP contribution in [0.2, 0.25) is 0 Å². The molecule has 11 heteroatoms. The van der Waals surface area contributed by atoms with Gasteiger partial charge >= 0.3 is 6.03 Å². The van der Waals surface area contributed by atoms with Crippen LogP contribution in [-0.4, -0.2) is 48.1 Å². The van der Waals surface area contributed by atoms with Gasteiger partial charge in [-0.25, -0.2) is 9.79 Å². The average Bonchev–Trinajstić information content (AvgIpc) is 2.85. The third kappa shape index (κ3) is 7.44. The Balaban J connectivity index is 1.46. The Hall–Kier alpha value is -4.64. The van der Waals surface area contributed by atoms with Crippen LogP contribution >= 0.6 is 0 Å². The van der Waals surface area contributed by atoms with E-state index in [0.29, 0.717) is 11.4 Å². The van der Waals surface area contributed by atoms with E-state index in [1.807, 2.05) is 30.3 Å². The number of hydrogen-bond acceptors (Lipinski definition) is 5. The number of aliphatic imine (C=N–C) groups is 1. The van der Waals surface area contributed by atoms with Crippen LogP contribution < -0.4 is 32.7 Å². The van der Waals surface area contributed by atoms with Crippen LogP contribution in [0.25, 0.3) is 10.8 Å². The summed E-state index contributed by atoms with van der Waals surface area (Å²) in [7, 11) is 0. The molecule has 1 atom stereocenters. The Morgan fingerprint density at radius 1 is 0.914 bits per heavy atom. The molecule has 0 saturated heterocycles. The number of fused-ring (bicyclic) bond motifs is 1. The molecule has 11 nitrogen and oxygen atoms in total. The SMILES string of the molecule is NC(N)=Nc1ccc(CNC(=O)CNC(=O)C(CO)NC(=O)Nc2cccc3ccccc23)cc1. The van der Waals surface area contributed by atoms with E-state index in [2.05, 4.69) is 26.3 Å². The second-order valence-electron chi connectivity index (χ2n) is 7.56. The van der Waals surface area contributed by atoms with Gasteiger partial charge in [-0.15, -0.1) is 0 Å². The Kier molecular flexibility index (Phi) is 8.57. The third-order valence-electron chi connectivity index (χ3n) is 4.95. The number of urea groups is 1. The molecular formula is C24H27N7O4. The van der Waals surface area contributed by atoms with E-state index < -0.39 is 30.5 Å². The van der Waals surface area contributed by atoms with Crippen molar-refractivity contribution < 1.29 is 19.5 Å². The van der Waals surface area contributed by atoms with Gasteiger partial charge in [-0.3, -0.25) is 9.59 Å². The number of rotatable bonds is 9. The van der Waals surface area contributed by atoms with Gasteiger partial charge in [0.1, 0.15) is 6.04 Å². The molecule has 0 spiro atoms. The Morgan fingerprint density at radius 2 is 1.63 bits per heavy atom. The Bertz CT molecular complexity index is 1220. The lowest BCUT2D eigenvalue weighted by Crippen LogP contribution is -2.51. The smallest absolute Gasteiger partial charge is 0.319 e. The summed E-state index contributed by atoms with van der Waals surface area (Å²) >= 11 is 0. The van der Waals surface area contributed by atoms with E-state index in [1.54, 1.807) is 36.4 Å². The van der Waals surface area contributed by atoms with Gasteiger partial charge in [0.25, 0.3) is 0 Å². The van der Waals surface area contributed by atoms with Crippen LogP contribution in [0, 0.1) is 0 Å². The van der Waals surface area contributed by atoms with E-state index in [9.17, 15) is 19.5 Å². The molecule has 35 heavy (non-hydrogen) atoms. The molecule has 1 unspecified atom stereocenters. The molecule has 0 heterocycles. The molecular weight excluding hydrogens is 450 g/mol. The number of anilines is 1. The number of carbonyl (C=O) groups excluding carboxylic acids is 3. The predicted molar refractivity (Wildman–Crippen MR) is 134 cm³/mol. The number of nitrogens with one attached hydrogen (secondary N) is 4. The van der Waals surface area contributed by atoms with Crippen LogP contribution in [0.4, 0.5) is 16.2 Å². The van der Waals surface area contributed by atoms with Gasteiger partial charge in [-0.05, 0) is 29.1 Å². The molecule has 0 fully saturated rings. The molecule has 0 aliphatic heterocycles. The molecule has 4 amide bonds. The van der Waals surface area contributed by atoms with Gasteiger partial charge in [0.05, 0.1) is 24.5 Å². The maximum Gasteiger partial charge on any atom is 0.319 e. The van der Waals surface area contributed by atoms with Crippen molar-refractivity contribution in [2.45, 2.75) is 12.6 Å². The maximum atomic E-state index is 12.4. The minimum Gasteiger partial charge on any atom is -0.394 e. The molecule has 9 N–H and O–H groups in total. The Labute approximate surface area is 201 Å². The molecule has 0 aliphatic rings. The van der Waals surface area contributed by atoms with Crippen molar-refractivity contribution in [3.63, 3.8) is 0 Å². The topological polar surface area (TPSA) is 184 Å². The lowest BCUT2D eigenvalue weighted by molar-refractivity contribution is -0.127. The highest BCUT2D eigenvalue weighted by Crippen LogP contribution is 2.22. The molecule has 0 saturated carbocycles. The standard InChI is InChI=1S/C24H27N7O4/c25-23(26)29-17-10-8-15(9-11-17)12-27-21(33)13-28-22(34)20(14-32)31-24(35)30-19-7-3-5-16-4-1-2-6-18(16)19/h1-11,20,32H,12-14H2,(H,27,33)(H,28,34)(H4,25,26,29)(H2,30,31,35). The van der Waals surface area contributed by atoms with Gasteiger partial charge in [0.15, 0.2) is 5.96 Å². The van der Waals surface area contributed by atoms with Crippen LogP contribution in [0.5, 0.6) is 0 Å². The molecule has 0 radical (unpaired) electrons. The van der Waals surface area contributed by atoms with Crippen LogP contribution in [-0.2, 0) is 16.1 Å². The zero-order valence-corrected chi connectivity index (χ0v) is 18.8. The fraction of sp³-hybridized carbons (Fsp3) is 0.167. The minimum atomic E-state index is -1.24. The summed E-state index contributed by atoms with van der Waals surface area (Å²) in [6.45, 7) is -0.738. The summed E-state index contributed by atoms with van der Waals surface area (Å²) in [6.07, 6.45) is 0. The second kappa shape index (κ2) is 12.0. The number of aliphatic hydroxyl groups is 1. The number of hydrogen-bond donors (Lipinski definition) is 7. The molecule has 0 aliphatic carbocycles. The molecule has 3 aromatic carbocycles. The van der Waals surface area contributed by atoms with Crippen molar-refractivity contribution in [2.75, 3.05) is 18.5 Å². The lowest BCUT2D eigenvalue weighted by atomic mass is 10.1. The van der Waals surface area contributed by atoms with Crippen molar-refractivity contribution in [1.82, 2.24) is 16.0 Å². The van der Waals surface area contributed by atoms with Crippen LogP contribution in [0.15, 0.2) is 71.7 Å². The summed E-state index contributed by atoms with van der Waals surface area (Å²) in [5, 5.41) is 21.5. The summed E-state index contributed by atoms with van der Waals surface area (Å²) < 4.78 is 0. The largest absolute Gasteiger partial charge is 0.394 e. The first-order valence-corrected chi connectivity index (χ1v) is 10.7. The number of nitrogens with zero attached hydrogens (tertiary/aromatic N) is 1. The molecule has 182 valence electrons. The van der Waals surface area contributed by atoms with Crippen LogP contribution in [0.1, 0.15) is 5.56 Å². The highest BCUT2D eigenvalue weighted by Gasteiger charge is 2.20. The summed E-state index contributed by atoms with van der Waals surface area (Å²) in [4.78, 5) is 40.7. The molecule has 3 rings (SSSR count). The van der Waals surface area contributed by atoms with Gasteiger partial charge in [-0.1, -0.05) is 48.5 Å². The van der Waals surface area contributed by atoms with E-state index in [4.69, 9.17) is 11.5 Å². The first kappa shape index (κ1) is 25.0. The highest BCUT2D eigenvalue weighted by atomic mass is 16.3. The third-order valence-corrected chi connectivity index (χ3v) is 4.95. The van der Waals surface area contributed by atoms with Crippen molar-refractivity contribution in [3.05, 3.63) is 72.3 Å². The highest BCUT2D eigenvalue weighted by molar-refractivity contribution is 6.02. The number of nitrogens with two attached hydrogens (primary N) is 2. The first-order valence-electron chi connectivity index (χ1n) is 10.7. The van der Waals surface area contributed by atoms with Gasteiger partial charge < -0.3 is 37.8 Å². The minimum absolute atomic E-state index is 0.0523. The lowest BCUT2D eigenvalue weighted by Gasteiger charge is -2.17. The normalized spacial score (nSPS) is 11.2. The maximum absolute atomic E-state index is 12.4. The van der Waals surface area contributed by atoms with Gasteiger partial charge in [-0.2, -0.15) is 0 Å². The number of amides is 4. The fourth-order valence-electron chi connectivity index (χ4n) is 3.24. The van der Waals surface area contributed by atoms with Crippen LogP contribution in [0.3, 0.4) is 0 Å². The van der Waals surface area contributed by atoms with E-state index in [-0.39, 0.29) is 19.0 Å². The summed E-state index contributed by atoms with van der Waals surface area (Å²) in [5.74, 6) is -1.19. The zero-order chi connectivity index (χ0) is 25.2. The van der Waals surface area contributed by atoms with Crippen molar-refractivity contribution in [1.29, 1.82) is 0 Å². The van der Waals surface area contributed by atoms with Crippen molar-refractivity contribution >= 4 is 46.0 Å². The predicted octanol–water partition coefficient (Wildman–Crippen LogP) is 0.660. The van der Waals surface area contributed by atoms with E-state index in [1.165, 1.54) is 0 Å². The van der Waals surface area contributed by atoms with Crippen molar-refractivity contribution in [2.24, 2.45) is 16.5 Å². The quantitative estimate of drug-likeness (QED) is 0.175. The molecule has 3 aromatic rings. The zero-order valence-electron chi connectivity index (χ0n) is 18.8. The second-order valence-corrected chi connectivity index (χ2v) is 7.56. The van der Waals surface area contributed by atoms with E-state index >= 15 is 0 Å². The first-order chi connectivity index (χ1) is 16.9. The Morgan fingerprint density at radius 3 is 2.34 bits per heavy atom. The fourth-order valence-corrected chi connectivity index (χ4v) is 3.24. The number of carbonyl (C=O) groups is 3. The number of guanidine groups is 1. The van der Waals surface area contributed by atoms with Gasteiger partial charge in [0, 0.05) is 11.9 Å². The number of benzene rings is 3. The van der Waals surface area contributed by atoms with Gasteiger partial charge in [0.2, 0.25) is 11.8 Å². The molecule has 0 bridgehead atoms. The average molecular weight is 478 g/mol. The van der Waals surface area contributed by atoms with E-state index in [0.717, 1.165) is 16.3 Å². The molecule has 0 aromatic heterocycles. The summed E-state index contributed by atoms with van der Waals surface area (Å²) in [5.41, 5.74) is 12.6. The van der Waals surface area contributed by atoms with Crippen molar-refractivity contribution in [3.8, 4) is 0 Å². The summed E-state index contributed by atoms with van der Waals surface area (Å²) in [6, 6.07) is 17.9. The number of aliphatic hydroxyl groups excluding tert-OH is 1. The monoisotopic (exact) mass is 477 g/mol.